The Morgan fingerprint density at radius 2 is 1.68 bits per heavy atom. The number of carbonyl (C=O) groups is 2. The number of hydrogen-bond acceptors (Lipinski definition) is 5. The number of ether oxygens (including phenoxy) is 1. The molecule has 0 saturated heterocycles. The monoisotopic (exact) mass is 527 g/mol. The van der Waals surface area contributed by atoms with E-state index in [0.29, 0.717) is 11.3 Å². The van der Waals surface area contributed by atoms with E-state index >= 15 is 0 Å². The van der Waals surface area contributed by atoms with Gasteiger partial charge in [0.15, 0.2) is 0 Å². The Labute approximate surface area is 216 Å². The summed E-state index contributed by atoms with van der Waals surface area (Å²) < 4.78 is 47.2. The maximum atomic E-state index is 13.8. The summed E-state index contributed by atoms with van der Waals surface area (Å²) in [7, 11) is -1.24. The van der Waals surface area contributed by atoms with Gasteiger partial charge in [0.2, 0.25) is 11.8 Å². The van der Waals surface area contributed by atoms with Gasteiger partial charge in [-0.15, -0.1) is 0 Å². The highest BCUT2D eigenvalue weighted by Gasteiger charge is 2.33. The molecule has 0 fully saturated rings. The molecule has 10 heteroatoms. The minimum Gasteiger partial charge on any atom is -0.497 e. The van der Waals surface area contributed by atoms with Gasteiger partial charge >= 0.3 is 0 Å². The lowest BCUT2D eigenvalue weighted by Crippen LogP contribution is -2.51. The zero-order valence-corrected chi connectivity index (χ0v) is 21.7. The highest BCUT2D eigenvalue weighted by atomic mass is 32.2. The molecule has 0 aliphatic rings. The summed E-state index contributed by atoms with van der Waals surface area (Å²) in [5, 5.41) is 2.56. The Hall–Kier alpha value is -3.92. The van der Waals surface area contributed by atoms with Crippen molar-refractivity contribution in [3.05, 3.63) is 90.2 Å². The molecule has 3 aromatic carbocycles. The average molecular weight is 528 g/mol. The van der Waals surface area contributed by atoms with Gasteiger partial charge in [-0.2, -0.15) is 0 Å². The van der Waals surface area contributed by atoms with Gasteiger partial charge in [0.05, 0.1) is 17.7 Å². The fourth-order valence-corrected chi connectivity index (χ4v) is 5.31. The van der Waals surface area contributed by atoms with Gasteiger partial charge in [0.25, 0.3) is 10.0 Å². The first kappa shape index (κ1) is 27.7. The minimum absolute atomic E-state index is 0.00838. The molecule has 0 spiro atoms. The summed E-state index contributed by atoms with van der Waals surface area (Å²) in [5.74, 6) is -1.00. The second-order valence-electron chi connectivity index (χ2n) is 8.21. The molecule has 0 saturated carbocycles. The van der Waals surface area contributed by atoms with Crippen LogP contribution in [-0.2, 0) is 26.2 Å². The number of rotatable bonds is 11. The smallest absolute Gasteiger partial charge is 0.264 e. The van der Waals surface area contributed by atoms with Crippen molar-refractivity contribution in [3.8, 4) is 5.75 Å². The van der Waals surface area contributed by atoms with Crippen molar-refractivity contribution in [2.75, 3.05) is 25.0 Å². The maximum Gasteiger partial charge on any atom is 0.264 e. The molecule has 3 rings (SSSR count). The van der Waals surface area contributed by atoms with Crippen LogP contribution in [0.3, 0.4) is 0 Å². The fraction of sp³-hybridized carbons (Fsp3) is 0.259. The molecular formula is C27H30FN3O5S. The number of benzene rings is 3. The molecule has 0 heterocycles. The third-order valence-electron chi connectivity index (χ3n) is 5.85. The van der Waals surface area contributed by atoms with Crippen LogP contribution in [0.1, 0.15) is 18.9 Å². The lowest BCUT2D eigenvalue weighted by atomic mass is 10.1. The molecule has 0 aliphatic heterocycles. The Bertz CT molecular complexity index is 1320. The van der Waals surface area contributed by atoms with Crippen molar-refractivity contribution < 1.29 is 27.1 Å². The number of sulfonamides is 1. The summed E-state index contributed by atoms with van der Waals surface area (Å²) in [6.07, 6.45) is 0.289. The Kier molecular flexibility index (Phi) is 9.24. The maximum absolute atomic E-state index is 13.8. The van der Waals surface area contributed by atoms with Gasteiger partial charge in [-0.1, -0.05) is 43.3 Å². The number of anilines is 1. The quantitative estimate of drug-likeness (QED) is 0.411. The second kappa shape index (κ2) is 12.4. The van der Waals surface area contributed by atoms with Crippen LogP contribution in [0.4, 0.5) is 10.1 Å². The molecule has 0 aromatic heterocycles. The number of nitrogens with zero attached hydrogens (tertiary/aromatic N) is 2. The Morgan fingerprint density at radius 3 is 2.27 bits per heavy atom. The Balaban J connectivity index is 2.06. The van der Waals surface area contributed by atoms with Gasteiger partial charge < -0.3 is 15.0 Å². The van der Waals surface area contributed by atoms with E-state index in [9.17, 15) is 22.4 Å². The first-order valence-corrected chi connectivity index (χ1v) is 13.1. The number of carbonyl (C=O) groups excluding carboxylic acids is 2. The average Bonchev–Trinajstić information content (AvgIpc) is 2.92. The number of methoxy groups -OCH3 is 1. The number of hydrogen-bond donors (Lipinski definition) is 1. The van der Waals surface area contributed by atoms with E-state index in [1.165, 1.54) is 61.5 Å². The van der Waals surface area contributed by atoms with E-state index in [-0.39, 0.29) is 23.5 Å². The lowest BCUT2D eigenvalue weighted by molar-refractivity contribution is -0.140. The molecule has 0 aliphatic carbocycles. The zero-order valence-electron chi connectivity index (χ0n) is 20.9. The summed E-state index contributed by atoms with van der Waals surface area (Å²) in [6, 6.07) is 18.9. The van der Waals surface area contributed by atoms with Crippen LogP contribution in [0.2, 0.25) is 0 Å². The van der Waals surface area contributed by atoms with E-state index in [1.54, 1.807) is 43.3 Å². The van der Waals surface area contributed by atoms with Crippen LogP contribution < -0.4 is 14.4 Å². The zero-order chi connectivity index (χ0) is 27.0. The predicted octanol–water partition coefficient (Wildman–Crippen LogP) is 3.58. The van der Waals surface area contributed by atoms with E-state index in [4.69, 9.17) is 4.74 Å². The first-order valence-electron chi connectivity index (χ1n) is 11.7. The Morgan fingerprint density at radius 1 is 1.00 bits per heavy atom. The van der Waals surface area contributed by atoms with E-state index < -0.39 is 40.2 Å². The van der Waals surface area contributed by atoms with Gasteiger partial charge in [-0.3, -0.25) is 13.9 Å². The molecule has 0 unspecified atom stereocenters. The van der Waals surface area contributed by atoms with Gasteiger partial charge in [-0.25, -0.2) is 12.8 Å². The molecule has 2 amide bonds. The second-order valence-corrected chi connectivity index (χ2v) is 10.1. The van der Waals surface area contributed by atoms with Crippen molar-refractivity contribution in [3.63, 3.8) is 0 Å². The van der Waals surface area contributed by atoms with Crippen LogP contribution in [0, 0.1) is 5.82 Å². The van der Waals surface area contributed by atoms with Crippen LogP contribution >= 0.6 is 0 Å². The van der Waals surface area contributed by atoms with Gasteiger partial charge in [0.1, 0.15) is 24.2 Å². The summed E-state index contributed by atoms with van der Waals surface area (Å²) in [4.78, 5) is 27.8. The number of nitrogens with one attached hydrogen (secondary N) is 1. The van der Waals surface area contributed by atoms with E-state index in [1.807, 2.05) is 0 Å². The minimum atomic E-state index is -4.16. The number of amides is 2. The topological polar surface area (TPSA) is 96.0 Å². The first-order chi connectivity index (χ1) is 17.7. The normalized spacial score (nSPS) is 11.9. The van der Waals surface area contributed by atoms with Crippen molar-refractivity contribution >= 4 is 27.5 Å². The molecule has 0 radical (unpaired) electrons. The van der Waals surface area contributed by atoms with Crippen molar-refractivity contribution in [1.82, 2.24) is 10.2 Å². The van der Waals surface area contributed by atoms with Crippen LogP contribution in [0.15, 0.2) is 83.8 Å². The lowest BCUT2D eigenvalue weighted by Gasteiger charge is -2.33. The molecular weight excluding hydrogens is 497 g/mol. The molecule has 8 nitrogen and oxygen atoms in total. The van der Waals surface area contributed by atoms with Crippen molar-refractivity contribution in [2.45, 2.75) is 30.8 Å². The van der Waals surface area contributed by atoms with Gasteiger partial charge in [-0.05, 0) is 48.4 Å². The molecule has 1 atom stereocenters. The predicted molar refractivity (Wildman–Crippen MR) is 139 cm³/mol. The highest BCUT2D eigenvalue weighted by molar-refractivity contribution is 7.92. The molecule has 196 valence electrons. The largest absolute Gasteiger partial charge is 0.497 e. The molecule has 3 aromatic rings. The number of likely N-dealkylation sites (N-methyl/N-ethyl adjacent to an activating group) is 1. The van der Waals surface area contributed by atoms with Crippen molar-refractivity contribution in [2.24, 2.45) is 0 Å². The SMILES string of the molecule is CC[C@@H](C(=O)NC)N(Cc1ccc(F)cc1)C(=O)CN(c1cccc(OC)c1)S(=O)(=O)c1ccccc1. The third kappa shape index (κ3) is 6.65. The molecule has 0 bridgehead atoms. The van der Waals surface area contributed by atoms with Crippen LogP contribution in [-0.4, -0.2) is 51.9 Å². The van der Waals surface area contributed by atoms with E-state index in [0.717, 1.165) is 4.31 Å². The summed E-state index contributed by atoms with van der Waals surface area (Å²) in [6.45, 7) is 1.17. The van der Waals surface area contributed by atoms with E-state index in [2.05, 4.69) is 5.32 Å². The highest BCUT2D eigenvalue weighted by Crippen LogP contribution is 2.27. The molecule has 37 heavy (non-hydrogen) atoms. The van der Waals surface area contributed by atoms with Crippen LogP contribution in [0.25, 0.3) is 0 Å². The third-order valence-corrected chi connectivity index (χ3v) is 7.64. The van der Waals surface area contributed by atoms with Crippen molar-refractivity contribution in [1.29, 1.82) is 0 Å². The summed E-state index contributed by atoms with van der Waals surface area (Å²) in [5.41, 5.74) is 0.822. The molecule has 1 N–H and O–H groups in total. The number of halogens is 1. The van der Waals surface area contributed by atoms with Crippen LogP contribution in [0.5, 0.6) is 5.75 Å². The fourth-order valence-electron chi connectivity index (χ4n) is 3.89. The standard InChI is InChI=1S/C27H30FN3O5S/c1-4-25(27(33)29-2)30(18-20-13-15-21(28)16-14-20)26(32)19-31(22-9-8-10-23(17-22)36-3)37(34,35)24-11-6-5-7-12-24/h5-17,25H,4,18-19H2,1-3H3,(H,29,33)/t25-/m0/s1. The summed E-state index contributed by atoms with van der Waals surface area (Å²) >= 11 is 0. The van der Waals surface area contributed by atoms with Gasteiger partial charge in [0, 0.05) is 19.7 Å².